The van der Waals surface area contributed by atoms with Gasteiger partial charge < -0.3 is 5.32 Å². The zero-order chi connectivity index (χ0) is 14.9. The van der Waals surface area contributed by atoms with Gasteiger partial charge in [-0.3, -0.25) is 0 Å². The molecule has 0 aliphatic heterocycles. The van der Waals surface area contributed by atoms with E-state index in [1.54, 1.807) is 0 Å². The molecule has 1 aliphatic carbocycles. The molecule has 0 bridgehead atoms. The van der Waals surface area contributed by atoms with Crippen molar-refractivity contribution in [2.45, 2.75) is 56.6 Å². The van der Waals surface area contributed by atoms with Crippen molar-refractivity contribution in [1.82, 2.24) is 10.0 Å². The van der Waals surface area contributed by atoms with Crippen molar-refractivity contribution < 1.29 is 8.42 Å². The topological polar surface area (TPSA) is 58.2 Å². The number of unbranched alkanes of at least 4 members (excludes halogenated alkanes) is 1. The average Bonchev–Trinajstić information content (AvgIpc) is 2.90. The molecule has 0 spiro atoms. The molecule has 0 aromatic rings. The van der Waals surface area contributed by atoms with E-state index < -0.39 is 10.0 Å². The van der Waals surface area contributed by atoms with E-state index >= 15 is 0 Å². The first-order valence-electron chi connectivity index (χ1n) is 7.77. The summed E-state index contributed by atoms with van der Waals surface area (Å²) in [7, 11) is -3.10. The Morgan fingerprint density at radius 2 is 1.85 bits per heavy atom. The van der Waals surface area contributed by atoms with E-state index in [1.807, 2.05) is 11.8 Å². The molecule has 0 saturated heterocycles. The van der Waals surface area contributed by atoms with Crippen molar-refractivity contribution in [3.8, 4) is 0 Å². The van der Waals surface area contributed by atoms with Crippen molar-refractivity contribution in [3.63, 3.8) is 0 Å². The summed E-state index contributed by atoms with van der Waals surface area (Å²) in [6.45, 7) is 4.66. The molecule has 1 rings (SSSR count). The summed E-state index contributed by atoms with van der Waals surface area (Å²) in [5, 5.41) is 3.29. The van der Waals surface area contributed by atoms with Crippen LogP contribution in [0, 0.1) is 0 Å². The van der Waals surface area contributed by atoms with Crippen LogP contribution in [0.1, 0.15) is 51.9 Å². The summed E-state index contributed by atoms with van der Waals surface area (Å²) in [6.07, 6.45) is 9.61. The molecule has 1 saturated carbocycles. The molecule has 0 amide bonds. The van der Waals surface area contributed by atoms with Gasteiger partial charge in [0, 0.05) is 11.3 Å². The van der Waals surface area contributed by atoms with Crippen molar-refractivity contribution >= 4 is 21.8 Å². The van der Waals surface area contributed by atoms with Gasteiger partial charge in [-0.25, -0.2) is 13.1 Å². The van der Waals surface area contributed by atoms with Gasteiger partial charge >= 0.3 is 0 Å². The van der Waals surface area contributed by atoms with E-state index in [0.29, 0.717) is 6.54 Å². The Morgan fingerprint density at radius 1 is 1.15 bits per heavy atom. The average molecular weight is 323 g/mol. The molecule has 120 valence electrons. The lowest BCUT2D eigenvalue weighted by molar-refractivity contribution is 0.547. The van der Waals surface area contributed by atoms with Crippen LogP contribution in [0.15, 0.2) is 0 Å². The molecule has 0 aromatic carbocycles. The van der Waals surface area contributed by atoms with E-state index in [2.05, 4.69) is 23.2 Å². The van der Waals surface area contributed by atoms with E-state index in [-0.39, 0.29) is 10.5 Å². The van der Waals surface area contributed by atoms with Crippen LogP contribution in [0.3, 0.4) is 0 Å². The lowest BCUT2D eigenvalue weighted by Gasteiger charge is -2.26. The molecule has 0 aromatic heterocycles. The Balaban J connectivity index is 2.20. The zero-order valence-corrected chi connectivity index (χ0v) is 14.5. The Bertz CT molecular complexity index is 352. The predicted octanol–water partition coefficient (Wildman–Crippen LogP) is 2.36. The third kappa shape index (κ3) is 6.78. The molecule has 4 nitrogen and oxygen atoms in total. The fourth-order valence-corrected chi connectivity index (χ4v) is 4.86. The summed E-state index contributed by atoms with van der Waals surface area (Å²) in [4.78, 5) is 0. The molecule has 1 aliphatic rings. The number of hydrogen-bond donors (Lipinski definition) is 2. The molecular formula is C14H30N2O2S2. The Labute approximate surface area is 128 Å². The maximum Gasteiger partial charge on any atom is 0.211 e. The Kier molecular flexibility index (Phi) is 8.48. The lowest BCUT2D eigenvalue weighted by atomic mass is 10.1. The van der Waals surface area contributed by atoms with Crippen LogP contribution in [0.4, 0.5) is 0 Å². The van der Waals surface area contributed by atoms with E-state index in [0.717, 1.165) is 45.2 Å². The van der Waals surface area contributed by atoms with Crippen LogP contribution >= 0.6 is 11.8 Å². The van der Waals surface area contributed by atoms with Crippen molar-refractivity contribution in [2.75, 3.05) is 31.6 Å². The quantitative estimate of drug-likeness (QED) is 0.573. The third-order valence-electron chi connectivity index (χ3n) is 4.01. The third-order valence-corrected chi connectivity index (χ3v) is 6.83. The second-order valence-corrected chi connectivity index (χ2v) is 8.89. The molecular weight excluding hydrogens is 292 g/mol. The highest BCUT2D eigenvalue weighted by Crippen LogP contribution is 2.39. The molecule has 0 unspecified atom stereocenters. The Hall–Kier alpha value is 0.220. The summed E-state index contributed by atoms with van der Waals surface area (Å²) < 4.78 is 27.0. The zero-order valence-electron chi connectivity index (χ0n) is 12.9. The van der Waals surface area contributed by atoms with E-state index in [4.69, 9.17) is 0 Å². The highest BCUT2D eigenvalue weighted by molar-refractivity contribution is 8.00. The second-order valence-electron chi connectivity index (χ2n) is 5.69. The number of thioether (sulfide) groups is 1. The maximum absolute atomic E-state index is 12.0. The van der Waals surface area contributed by atoms with Gasteiger partial charge in [0.2, 0.25) is 10.0 Å². The fraction of sp³-hybridized carbons (Fsp3) is 1.00. The van der Waals surface area contributed by atoms with Crippen molar-refractivity contribution in [3.05, 3.63) is 0 Å². The van der Waals surface area contributed by atoms with Crippen LogP contribution in [0.5, 0.6) is 0 Å². The Morgan fingerprint density at radius 3 is 2.45 bits per heavy atom. The van der Waals surface area contributed by atoms with Gasteiger partial charge in [0.05, 0.1) is 5.75 Å². The lowest BCUT2D eigenvalue weighted by Crippen LogP contribution is -2.39. The summed E-state index contributed by atoms with van der Waals surface area (Å²) in [5.41, 5.74) is 0. The highest BCUT2D eigenvalue weighted by Gasteiger charge is 2.33. The fourth-order valence-electron chi connectivity index (χ4n) is 2.63. The minimum Gasteiger partial charge on any atom is -0.317 e. The van der Waals surface area contributed by atoms with Gasteiger partial charge in [-0.2, -0.15) is 11.8 Å². The maximum atomic E-state index is 12.0. The number of rotatable bonds is 11. The van der Waals surface area contributed by atoms with Crippen LogP contribution in [-0.2, 0) is 10.0 Å². The smallest absolute Gasteiger partial charge is 0.211 e. The van der Waals surface area contributed by atoms with E-state index in [9.17, 15) is 8.42 Å². The molecule has 0 atom stereocenters. The summed E-state index contributed by atoms with van der Waals surface area (Å²) in [5.74, 6) is 0.255. The van der Waals surface area contributed by atoms with Crippen molar-refractivity contribution in [2.24, 2.45) is 0 Å². The van der Waals surface area contributed by atoms with Crippen LogP contribution in [0.2, 0.25) is 0 Å². The summed E-state index contributed by atoms with van der Waals surface area (Å²) >= 11 is 1.82. The number of sulfonamides is 1. The van der Waals surface area contributed by atoms with Crippen LogP contribution in [-0.4, -0.2) is 44.8 Å². The van der Waals surface area contributed by atoms with Gasteiger partial charge in [-0.05, 0) is 51.4 Å². The summed E-state index contributed by atoms with van der Waals surface area (Å²) in [6, 6.07) is 0. The standard InChI is InChI=1S/C14H30N2O2S2/c1-3-10-15-11-6-7-12-20(17,18)16-13-14(19-2)8-4-5-9-14/h15-16H,3-13H2,1-2H3. The molecule has 20 heavy (non-hydrogen) atoms. The molecule has 0 radical (unpaired) electrons. The predicted molar refractivity (Wildman–Crippen MR) is 88.9 cm³/mol. The highest BCUT2D eigenvalue weighted by atomic mass is 32.2. The monoisotopic (exact) mass is 322 g/mol. The molecule has 1 fully saturated rings. The first kappa shape index (κ1) is 18.3. The minimum absolute atomic E-state index is 0.149. The first-order chi connectivity index (χ1) is 9.54. The van der Waals surface area contributed by atoms with Gasteiger partial charge in [0.25, 0.3) is 0 Å². The molecule has 0 heterocycles. The normalized spacial score (nSPS) is 18.5. The van der Waals surface area contributed by atoms with Crippen molar-refractivity contribution in [1.29, 1.82) is 0 Å². The van der Waals surface area contributed by atoms with Gasteiger partial charge in [-0.15, -0.1) is 0 Å². The molecule has 6 heteroatoms. The van der Waals surface area contributed by atoms with Crippen LogP contribution < -0.4 is 10.0 Å². The SMILES string of the molecule is CCCNCCCCS(=O)(=O)NCC1(SC)CCCC1. The molecule has 2 N–H and O–H groups in total. The van der Waals surface area contributed by atoms with Crippen LogP contribution in [0.25, 0.3) is 0 Å². The van der Waals surface area contributed by atoms with Gasteiger partial charge in [-0.1, -0.05) is 19.8 Å². The minimum atomic E-state index is -3.10. The van der Waals surface area contributed by atoms with Gasteiger partial charge in [0.15, 0.2) is 0 Å². The number of hydrogen-bond acceptors (Lipinski definition) is 4. The first-order valence-corrected chi connectivity index (χ1v) is 10.6. The largest absolute Gasteiger partial charge is 0.317 e. The van der Waals surface area contributed by atoms with E-state index in [1.165, 1.54) is 12.8 Å². The number of nitrogens with one attached hydrogen (secondary N) is 2. The second kappa shape index (κ2) is 9.28. The van der Waals surface area contributed by atoms with Gasteiger partial charge in [0.1, 0.15) is 0 Å².